The summed E-state index contributed by atoms with van der Waals surface area (Å²) in [4.78, 5) is 35.5. The summed E-state index contributed by atoms with van der Waals surface area (Å²) >= 11 is 0. The Hall–Kier alpha value is -3.35. The van der Waals surface area contributed by atoms with Gasteiger partial charge < -0.3 is 15.4 Å². The first-order valence-electron chi connectivity index (χ1n) is 8.37. The molecule has 2 rings (SSSR count). The highest BCUT2D eigenvalue weighted by Crippen LogP contribution is 2.32. The molecule has 0 aliphatic carbocycles. The highest BCUT2D eigenvalue weighted by Gasteiger charge is 2.31. The Morgan fingerprint density at radius 1 is 1.34 bits per heavy atom. The summed E-state index contributed by atoms with van der Waals surface area (Å²) in [6.07, 6.45) is 2.37. The van der Waals surface area contributed by atoms with Gasteiger partial charge in [-0.2, -0.15) is 9.97 Å². The average molecular weight is 424 g/mol. The predicted molar refractivity (Wildman–Crippen MR) is 103 cm³/mol. The van der Waals surface area contributed by atoms with E-state index in [2.05, 4.69) is 15.0 Å². The van der Waals surface area contributed by atoms with Crippen molar-refractivity contribution in [2.24, 2.45) is 0 Å². The van der Waals surface area contributed by atoms with Gasteiger partial charge in [0, 0.05) is 24.7 Å². The van der Waals surface area contributed by atoms with E-state index < -0.39 is 49.8 Å². The van der Waals surface area contributed by atoms with E-state index >= 15 is 0 Å². The summed E-state index contributed by atoms with van der Waals surface area (Å²) in [5.41, 5.74) is 6.30. The third-order valence-corrected chi connectivity index (χ3v) is 4.50. The van der Waals surface area contributed by atoms with Gasteiger partial charge in [0.1, 0.15) is 6.54 Å². The number of sulfone groups is 1. The molecule has 0 amide bonds. The van der Waals surface area contributed by atoms with E-state index in [9.17, 15) is 23.3 Å². The number of hydrogen-bond acceptors (Lipinski definition) is 11. The molecule has 0 aromatic carbocycles. The molecule has 0 saturated heterocycles. The summed E-state index contributed by atoms with van der Waals surface area (Å²) in [7, 11) is -3.92. The minimum atomic E-state index is -3.92. The molecule has 0 spiro atoms. The van der Waals surface area contributed by atoms with Crippen LogP contribution in [0.5, 0.6) is 0 Å². The Morgan fingerprint density at radius 2 is 2.03 bits per heavy atom. The SMILES string of the molecule is CCOC(=O)CN(Cc1ccc(C)nc1)c1nc(S(C)(=O)=O)nc(N)c1[N+](=O)[O-]. The van der Waals surface area contributed by atoms with Crippen LogP contribution in [0.2, 0.25) is 0 Å². The van der Waals surface area contributed by atoms with Crippen LogP contribution in [-0.4, -0.2) is 53.7 Å². The van der Waals surface area contributed by atoms with Crippen molar-refractivity contribution in [3.8, 4) is 0 Å². The van der Waals surface area contributed by atoms with Crippen LogP contribution in [0.25, 0.3) is 0 Å². The molecule has 0 aliphatic heterocycles. The molecule has 0 bridgehead atoms. The Kier molecular flexibility index (Phi) is 6.64. The molecule has 0 fully saturated rings. The van der Waals surface area contributed by atoms with Crippen LogP contribution in [-0.2, 0) is 25.9 Å². The van der Waals surface area contributed by atoms with Crippen molar-refractivity contribution in [3.63, 3.8) is 0 Å². The number of nitrogen functional groups attached to an aromatic ring is 1. The topological polar surface area (TPSA) is 172 Å². The monoisotopic (exact) mass is 424 g/mol. The van der Waals surface area contributed by atoms with Gasteiger partial charge in [-0.1, -0.05) is 6.07 Å². The van der Waals surface area contributed by atoms with Crippen LogP contribution in [0.4, 0.5) is 17.3 Å². The van der Waals surface area contributed by atoms with Crippen molar-refractivity contribution in [2.75, 3.05) is 30.0 Å². The lowest BCUT2D eigenvalue weighted by atomic mass is 10.2. The van der Waals surface area contributed by atoms with Gasteiger partial charge in [0.2, 0.25) is 21.5 Å². The van der Waals surface area contributed by atoms with Crippen LogP contribution in [0, 0.1) is 17.0 Å². The van der Waals surface area contributed by atoms with Gasteiger partial charge in [-0.25, -0.2) is 8.42 Å². The zero-order chi connectivity index (χ0) is 21.8. The number of carbonyl (C=O) groups excluding carboxylic acids is 1. The summed E-state index contributed by atoms with van der Waals surface area (Å²) in [6.45, 7) is 3.03. The molecule has 2 aromatic rings. The van der Waals surface area contributed by atoms with E-state index in [4.69, 9.17) is 10.5 Å². The Morgan fingerprint density at radius 3 is 2.55 bits per heavy atom. The molecule has 2 heterocycles. The Bertz CT molecular complexity index is 1020. The van der Waals surface area contributed by atoms with E-state index in [0.29, 0.717) is 5.56 Å². The summed E-state index contributed by atoms with van der Waals surface area (Å²) in [5.74, 6) is -1.71. The number of nitrogens with two attached hydrogens (primary N) is 1. The fourth-order valence-electron chi connectivity index (χ4n) is 2.38. The molecule has 2 aromatic heterocycles. The summed E-state index contributed by atoms with van der Waals surface area (Å²) < 4.78 is 28.7. The fraction of sp³-hybridized carbons (Fsp3) is 0.375. The number of nitro groups is 1. The van der Waals surface area contributed by atoms with Gasteiger partial charge in [-0.05, 0) is 25.5 Å². The van der Waals surface area contributed by atoms with E-state index in [0.717, 1.165) is 11.9 Å². The smallest absolute Gasteiger partial charge is 0.353 e. The van der Waals surface area contributed by atoms with Gasteiger partial charge in [0.25, 0.3) is 5.16 Å². The van der Waals surface area contributed by atoms with E-state index in [1.165, 1.54) is 11.1 Å². The molecule has 156 valence electrons. The van der Waals surface area contributed by atoms with Crippen molar-refractivity contribution >= 4 is 33.1 Å². The second-order valence-corrected chi connectivity index (χ2v) is 7.97. The molecule has 0 radical (unpaired) electrons. The van der Waals surface area contributed by atoms with E-state index in [1.54, 1.807) is 26.0 Å². The first kappa shape index (κ1) is 21.9. The van der Waals surface area contributed by atoms with Gasteiger partial charge in [0.15, 0.2) is 0 Å². The number of aryl methyl sites for hydroxylation is 1. The number of esters is 1. The van der Waals surface area contributed by atoms with Crippen molar-refractivity contribution in [1.82, 2.24) is 15.0 Å². The third kappa shape index (κ3) is 5.57. The number of carbonyl (C=O) groups is 1. The number of ether oxygens (including phenoxy) is 1. The van der Waals surface area contributed by atoms with Crippen LogP contribution in [0.15, 0.2) is 23.5 Å². The van der Waals surface area contributed by atoms with Crippen LogP contribution >= 0.6 is 0 Å². The Balaban J connectivity index is 2.63. The molecule has 0 unspecified atom stereocenters. The van der Waals surface area contributed by atoms with Gasteiger partial charge in [0.05, 0.1) is 11.5 Å². The maximum atomic E-state index is 12.1. The van der Waals surface area contributed by atoms with Crippen molar-refractivity contribution < 1.29 is 22.9 Å². The molecule has 29 heavy (non-hydrogen) atoms. The lowest BCUT2D eigenvalue weighted by Gasteiger charge is -2.23. The average Bonchev–Trinajstić information content (AvgIpc) is 2.61. The fourth-order valence-corrected chi connectivity index (χ4v) is 2.90. The number of aromatic nitrogens is 3. The molecular weight excluding hydrogens is 404 g/mol. The molecule has 13 heteroatoms. The van der Waals surface area contributed by atoms with Gasteiger partial charge in [-0.15, -0.1) is 0 Å². The number of anilines is 2. The first-order chi connectivity index (χ1) is 13.5. The molecule has 0 aliphatic rings. The number of hydrogen-bond donors (Lipinski definition) is 1. The summed E-state index contributed by atoms with van der Waals surface area (Å²) in [5, 5.41) is 10.9. The second-order valence-electron chi connectivity index (χ2n) is 6.06. The van der Waals surface area contributed by atoms with Crippen LogP contribution < -0.4 is 10.6 Å². The normalized spacial score (nSPS) is 11.1. The lowest BCUT2D eigenvalue weighted by Crippen LogP contribution is -2.32. The zero-order valence-corrected chi connectivity index (χ0v) is 16.8. The predicted octanol–water partition coefficient (Wildman–Crippen LogP) is 0.644. The van der Waals surface area contributed by atoms with Crippen molar-refractivity contribution in [1.29, 1.82) is 0 Å². The van der Waals surface area contributed by atoms with Gasteiger partial charge in [-0.3, -0.25) is 19.9 Å². The zero-order valence-electron chi connectivity index (χ0n) is 16.0. The van der Waals surface area contributed by atoms with Crippen LogP contribution in [0.3, 0.4) is 0 Å². The number of rotatable bonds is 8. The van der Waals surface area contributed by atoms with E-state index in [-0.39, 0.29) is 13.2 Å². The minimum Gasteiger partial charge on any atom is -0.465 e. The molecule has 0 atom stereocenters. The minimum absolute atomic E-state index is 0.0351. The number of nitrogens with zero attached hydrogens (tertiary/aromatic N) is 5. The van der Waals surface area contributed by atoms with Gasteiger partial charge >= 0.3 is 11.7 Å². The lowest BCUT2D eigenvalue weighted by molar-refractivity contribution is -0.383. The van der Waals surface area contributed by atoms with Crippen molar-refractivity contribution in [3.05, 3.63) is 39.7 Å². The third-order valence-electron chi connectivity index (χ3n) is 3.66. The summed E-state index contributed by atoms with van der Waals surface area (Å²) in [6, 6.07) is 3.44. The largest absolute Gasteiger partial charge is 0.465 e. The highest BCUT2D eigenvalue weighted by atomic mass is 32.2. The Labute approximate surface area is 166 Å². The maximum absolute atomic E-state index is 12.1. The van der Waals surface area contributed by atoms with Crippen molar-refractivity contribution in [2.45, 2.75) is 25.5 Å². The van der Waals surface area contributed by atoms with Crippen LogP contribution in [0.1, 0.15) is 18.2 Å². The highest BCUT2D eigenvalue weighted by molar-refractivity contribution is 7.90. The number of pyridine rings is 1. The molecule has 2 N–H and O–H groups in total. The first-order valence-corrected chi connectivity index (χ1v) is 10.3. The standard InChI is InChI=1S/C16H20N6O6S/c1-4-28-12(23)9-21(8-11-6-5-10(2)18-7-11)15-13(22(24)25)14(17)19-16(20-15)29(3,26)27/h5-7H,4,8-9H2,1-3H3,(H2,17,19,20). The second kappa shape index (κ2) is 8.77. The molecular formula is C16H20N6O6S. The maximum Gasteiger partial charge on any atom is 0.353 e. The molecule has 12 nitrogen and oxygen atoms in total. The quantitative estimate of drug-likeness (QED) is 0.273. The van der Waals surface area contributed by atoms with E-state index in [1.807, 2.05) is 0 Å². The molecule has 0 saturated carbocycles.